The van der Waals surface area contributed by atoms with Crippen molar-refractivity contribution >= 4 is 34.8 Å². The Morgan fingerprint density at radius 1 is 1.04 bits per heavy atom. The van der Waals surface area contributed by atoms with E-state index in [1.165, 1.54) is 0 Å². The highest BCUT2D eigenvalue weighted by molar-refractivity contribution is 6.42. The van der Waals surface area contributed by atoms with Crippen LogP contribution in [0.1, 0.15) is 11.6 Å². The smallest absolute Gasteiger partial charge is 0.246 e. The molecule has 0 unspecified atom stereocenters. The average molecular weight is 365 g/mol. The minimum absolute atomic E-state index is 0.0958. The first-order chi connectivity index (χ1) is 11.6. The summed E-state index contributed by atoms with van der Waals surface area (Å²) in [4.78, 5) is 15.1. The summed E-state index contributed by atoms with van der Waals surface area (Å²) in [5.41, 5.74) is 1.58. The van der Waals surface area contributed by atoms with Gasteiger partial charge in [-0.2, -0.15) is 0 Å². The van der Waals surface area contributed by atoms with Gasteiger partial charge in [0.15, 0.2) is 0 Å². The Labute approximate surface area is 151 Å². The van der Waals surface area contributed by atoms with Crippen molar-refractivity contribution in [1.82, 2.24) is 4.90 Å². The molecule has 24 heavy (non-hydrogen) atoms. The molecule has 1 fully saturated rings. The molecule has 1 saturated heterocycles. The molecule has 1 N–H and O–H groups in total. The maximum absolute atomic E-state index is 12.9. The number of hydrogen-bond donors (Lipinski definition) is 1. The van der Waals surface area contributed by atoms with E-state index >= 15 is 0 Å². The number of morpholine rings is 1. The number of carbonyl (C=O) groups is 1. The monoisotopic (exact) mass is 364 g/mol. The molecule has 2 aromatic rings. The second kappa shape index (κ2) is 7.99. The van der Waals surface area contributed by atoms with Crippen molar-refractivity contribution < 1.29 is 9.53 Å². The highest BCUT2D eigenvalue weighted by Gasteiger charge is 2.29. The molecule has 0 aromatic heterocycles. The Morgan fingerprint density at radius 2 is 1.75 bits per heavy atom. The van der Waals surface area contributed by atoms with Gasteiger partial charge in [0.1, 0.15) is 6.04 Å². The topological polar surface area (TPSA) is 41.6 Å². The van der Waals surface area contributed by atoms with Crippen LogP contribution in [0, 0.1) is 0 Å². The average Bonchev–Trinajstić information content (AvgIpc) is 2.60. The Hall–Kier alpha value is -1.59. The van der Waals surface area contributed by atoms with Gasteiger partial charge in [-0.3, -0.25) is 9.69 Å². The van der Waals surface area contributed by atoms with Crippen LogP contribution in [-0.4, -0.2) is 37.1 Å². The molecule has 1 atom stereocenters. The molecule has 0 radical (unpaired) electrons. The predicted octanol–water partition coefficient (Wildman–Crippen LogP) is 4.01. The van der Waals surface area contributed by atoms with E-state index < -0.39 is 0 Å². The van der Waals surface area contributed by atoms with Crippen LogP contribution in [0.3, 0.4) is 0 Å². The lowest BCUT2D eigenvalue weighted by Gasteiger charge is -2.33. The number of halogens is 2. The van der Waals surface area contributed by atoms with Gasteiger partial charge in [-0.1, -0.05) is 53.5 Å². The molecular weight excluding hydrogens is 347 g/mol. The second-order valence-corrected chi connectivity index (χ2v) is 6.39. The predicted molar refractivity (Wildman–Crippen MR) is 96.7 cm³/mol. The standard InChI is InChI=1S/C18H18Cl2N2O2/c19-15-7-6-14(12-16(15)20)21-18(23)17(13-4-2-1-3-5-13)22-8-10-24-11-9-22/h1-7,12,17H,8-11H2,(H,21,23)/t17-/m1/s1. The zero-order valence-electron chi connectivity index (χ0n) is 13.0. The van der Waals surface area contributed by atoms with E-state index in [1.54, 1.807) is 18.2 Å². The van der Waals surface area contributed by atoms with Crippen molar-refractivity contribution in [3.8, 4) is 0 Å². The third-order valence-electron chi connectivity index (χ3n) is 3.96. The third kappa shape index (κ3) is 4.08. The van der Waals surface area contributed by atoms with E-state index in [-0.39, 0.29) is 11.9 Å². The molecule has 0 spiro atoms. The van der Waals surface area contributed by atoms with E-state index in [9.17, 15) is 4.79 Å². The number of anilines is 1. The van der Waals surface area contributed by atoms with E-state index in [2.05, 4.69) is 10.2 Å². The summed E-state index contributed by atoms with van der Waals surface area (Å²) in [5, 5.41) is 3.82. The number of carbonyl (C=O) groups excluding carboxylic acids is 1. The van der Waals surface area contributed by atoms with E-state index in [4.69, 9.17) is 27.9 Å². The third-order valence-corrected chi connectivity index (χ3v) is 4.70. The van der Waals surface area contributed by atoms with Crippen molar-refractivity contribution in [3.63, 3.8) is 0 Å². The molecule has 1 heterocycles. The van der Waals surface area contributed by atoms with Crippen molar-refractivity contribution in [2.45, 2.75) is 6.04 Å². The first-order valence-electron chi connectivity index (χ1n) is 7.78. The lowest BCUT2D eigenvalue weighted by Crippen LogP contribution is -2.43. The molecule has 1 aliphatic rings. The first kappa shape index (κ1) is 17.2. The summed E-state index contributed by atoms with van der Waals surface area (Å²) in [6, 6.07) is 14.5. The number of nitrogens with one attached hydrogen (secondary N) is 1. The van der Waals surface area contributed by atoms with Gasteiger partial charge in [0.25, 0.3) is 0 Å². The molecule has 6 heteroatoms. The number of hydrogen-bond acceptors (Lipinski definition) is 3. The van der Waals surface area contributed by atoms with Crippen LogP contribution >= 0.6 is 23.2 Å². The summed E-state index contributed by atoms with van der Waals surface area (Å²) in [5.74, 6) is -0.0958. The fourth-order valence-electron chi connectivity index (χ4n) is 2.78. The van der Waals surface area contributed by atoms with Gasteiger partial charge in [0.2, 0.25) is 5.91 Å². The zero-order chi connectivity index (χ0) is 16.9. The van der Waals surface area contributed by atoms with Gasteiger partial charge in [0.05, 0.1) is 23.3 Å². The van der Waals surface area contributed by atoms with Crippen LogP contribution in [-0.2, 0) is 9.53 Å². The number of ether oxygens (including phenoxy) is 1. The number of amides is 1. The Bertz CT molecular complexity index is 703. The lowest BCUT2D eigenvalue weighted by molar-refractivity contribution is -0.123. The highest BCUT2D eigenvalue weighted by atomic mass is 35.5. The van der Waals surface area contributed by atoms with Crippen LogP contribution in [0.2, 0.25) is 10.0 Å². The summed E-state index contributed by atoms with van der Waals surface area (Å²) in [6.45, 7) is 2.69. The summed E-state index contributed by atoms with van der Waals surface area (Å²) in [6.07, 6.45) is 0. The summed E-state index contributed by atoms with van der Waals surface area (Å²) >= 11 is 12.0. The number of nitrogens with zero attached hydrogens (tertiary/aromatic N) is 1. The molecule has 0 saturated carbocycles. The van der Waals surface area contributed by atoms with Crippen molar-refractivity contribution in [2.24, 2.45) is 0 Å². The van der Waals surface area contributed by atoms with Gasteiger partial charge < -0.3 is 10.1 Å². The molecule has 1 amide bonds. The van der Waals surface area contributed by atoms with Gasteiger partial charge in [0, 0.05) is 18.8 Å². The van der Waals surface area contributed by atoms with Crippen molar-refractivity contribution in [1.29, 1.82) is 0 Å². The minimum Gasteiger partial charge on any atom is -0.379 e. The zero-order valence-corrected chi connectivity index (χ0v) is 14.6. The Kier molecular flexibility index (Phi) is 5.74. The Balaban J connectivity index is 1.84. The molecule has 3 rings (SSSR count). The van der Waals surface area contributed by atoms with Crippen LogP contribution in [0.25, 0.3) is 0 Å². The molecule has 4 nitrogen and oxygen atoms in total. The maximum atomic E-state index is 12.9. The SMILES string of the molecule is O=C(Nc1ccc(Cl)c(Cl)c1)[C@@H](c1ccccc1)N1CCOCC1. The molecule has 2 aromatic carbocycles. The molecule has 0 aliphatic carbocycles. The van der Waals surface area contributed by atoms with Crippen molar-refractivity contribution in [3.05, 3.63) is 64.1 Å². The first-order valence-corrected chi connectivity index (χ1v) is 8.53. The van der Waals surface area contributed by atoms with Gasteiger partial charge >= 0.3 is 0 Å². The highest BCUT2D eigenvalue weighted by Crippen LogP contribution is 2.27. The van der Waals surface area contributed by atoms with Crippen LogP contribution in [0.15, 0.2) is 48.5 Å². The summed E-state index contributed by atoms with van der Waals surface area (Å²) < 4.78 is 5.41. The van der Waals surface area contributed by atoms with Crippen LogP contribution in [0.5, 0.6) is 0 Å². The number of benzene rings is 2. The molecule has 1 aliphatic heterocycles. The molecule has 0 bridgehead atoms. The fraction of sp³-hybridized carbons (Fsp3) is 0.278. The largest absolute Gasteiger partial charge is 0.379 e. The Morgan fingerprint density at radius 3 is 2.42 bits per heavy atom. The van der Waals surface area contributed by atoms with E-state index in [1.807, 2.05) is 30.3 Å². The normalized spacial score (nSPS) is 16.6. The van der Waals surface area contributed by atoms with Gasteiger partial charge in [-0.25, -0.2) is 0 Å². The van der Waals surface area contributed by atoms with Gasteiger partial charge in [-0.05, 0) is 23.8 Å². The molecular formula is C18H18Cl2N2O2. The van der Waals surface area contributed by atoms with Crippen LogP contribution < -0.4 is 5.32 Å². The van der Waals surface area contributed by atoms with E-state index in [0.29, 0.717) is 42.0 Å². The fourth-order valence-corrected chi connectivity index (χ4v) is 3.08. The van der Waals surface area contributed by atoms with E-state index in [0.717, 1.165) is 5.56 Å². The number of rotatable bonds is 4. The quantitative estimate of drug-likeness (QED) is 0.890. The second-order valence-electron chi connectivity index (χ2n) is 5.58. The molecule has 126 valence electrons. The summed E-state index contributed by atoms with van der Waals surface area (Å²) in [7, 11) is 0. The van der Waals surface area contributed by atoms with Gasteiger partial charge in [-0.15, -0.1) is 0 Å². The maximum Gasteiger partial charge on any atom is 0.246 e. The van der Waals surface area contributed by atoms with Crippen molar-refractivity contribution in [2.75, 3.05) is 31.6 Å². The lowest BCUT2D eigenvalue weighted by atomic mass is 10.0. The van der Waals surface area contributed by atoms with Crippen LogP contribution in [0.4, 0.5) is 5.69 Å². The minimum atomic E-state index is -0.371.